The van der Waals surface area contributed by atoms with Gasteiger partial charge in [-0.2, -0.15) is 10.2 Å². The molecule has 0 spiro atoms. The predicted octanol–water partition coefficient (Wildman–Crippen LogP) is 2.58. The van der Waals surface area contributed by atoms with Crippen LogP contribution in [0.25, 0.3) is 17.2 Å². The largest absolute Gasteiger partial charge is 0.359 e. The number of aryl methyl sites for hydroxylation is 1. The molecule has 1 N–H and O–H groups in total. The lowest BCUT2D eigenvalue weighted by Crippen LogP contribution is -2.01. The highest BCUT2D eigenvalue weighted by Gasteiger charge is 2.16. The van der Waals surface area contributed by atoms with E-state index in [0.29, 0.717) is 5.92 Å². The molecule has 3 aromatic heterocycles. The van der Waals surface area contributed by atoms with Crippen molar-refractivity contribution in [2.24, 2.45) is 13.0 Å². The van der Waals surface area contributed by atoms with Crippen molar-refractivity contribution in [1.29, 1.82) is 0 Å². The molecule has 0 fully saturated rings. The van der Waals surface area contributed by atoms with Crippen LogP contribution in [-0.4, -0.2) is 29.5 Å². The van der Waals surface area contributed by atoms with E-state index in [9.17, 15) is 0 Å². The predicted molar refractivity (Wildman–Crippen MR) is 81.1 cm³/mol. The minimum atomic E-state index is 0.575. The van der Waals surface area contributed by atoms with Gasteiger partial charge >= 0.3 is 0 Å². The maximum atomic E-state index is 4.71. The standard InChI is InChI=1S/C15H20N6/c1-4-11(2)8-14-18-15(13-6-5-7-16-13)21(19-14)12-9-17-20(3)10-12/h5-7,9-11,16H,4,8H2,1-3H3. The zero-order chi connectivity index (χ0) is 14.8. The van der Waals surface area contributed by atoms with Crippen LogP contribution in [0.4, 0.5) is 0 Å². The number of hydrogen-bond acceptors (Lipinski definition) is 3. The van der Waals surface area contributed by atoms with Crippen molar-refractivity contribution in [3.05, 3.63) is 36.5 Å². The van der Waals surface area contributed by atoms with E-state index in [1.165, 1.54) is 0 Å². The fourth-order valence-electron chi connectivity index (χ4n) is 2.24. The molecule has 3 aromatic rings. The summed E-state index contributed by atoms with van der Waals surface area (Å²) in [6, 6.07) is 3.97. The van der Waals surface area contributed by atoms with Gasteiger partial charge in [0.1, 0.15) is 5.69 Å². The molecule has 0 aliphatic rings. The minimum absolute atomic E-state index is 0.575. The summed E-state index contributed by atoms with van der Waals surface area (Å²) < 4.78 is 3.63. The number of aromatic amines is 1. The fourth-order valence-corrected chi connectivity index (χ4v) is 2.24. The van der Waals surface area contributed by atoms with E-state index in [-0.39, 0.29) is 0 Å². The molecule has 0 saturated heterocycles. The van der Waals surface area contributed by atoms with E-state index in [2.05, 4.69) is 29.0 Å². The molecule has 1 unspecified atom stereocenters. The molecule has 0 amide bonds. The average Bonchev–Trinajstić information content (AvgIpc) is 3.17. The Labute approximate surface area is 123 Å². The van der Waals surface area contributed by atoms with E-state index in [4.69, 9.17) is 4.98 Å². The highest BCUT2D eigenvalue weighted by atomic mass is 15.4. The van der Waals surface area contributed by atoms with E-state index >= 15 is 0 Å². The van der Waals surface area contributed by atoms with Gasteiger partial charge in [0.25, 0.3) is 0 Å². The Morgan fingerprint density at radius 1 is 1.38 bits per heavy atom. The summed E-state index contributed by atoms with van der Waals surface area (Å²) in [6.45, 7) is 4.41. The first kappa shape index (κ1) is 13.6. The molecule has 6 heteroatoms. The van der Waals surface area contributed by atoms with Crippen molar-refractivity contribution in [3.63, 3.8) is 0 Å². The summed E-state index contributed by atoms with van der Waals surface area (Å²) in [6.07, 6.45) is 7.64. The summed E-state index contributed by atoms with van der Waals surface area (Å²) in [5.41, 5.74) is 1.88. The molecule has 0 bridgehead atoms. The summed E-state index contributed by atoms with van der Waals surface area (Å²) in [5.74, 6) is 2.27. The third-order valence-electron chi connectivity index (χ3n) is 3.65. The van der Waals surface area contributed by atoms with Crippen molar-refractivity contribution >= 4 is 0 Å². The molecular weight excluding hydrogens is 264 g/mol. The molecule has 0 aliphatic heterocycles. The third-order valence-corrected chi connectivity index (χ3v) is 3.65. The second-order valence-corrected chi connectivity index (χ2v) is 5.44. The molecule has 0 aromatic carbocycles. The van der Waals surface area contributed by atoms with E-state index in [0.717, 1.165) is 35.9 Å². The second-order valence-electron chi connectivity index (χ2n) is 5.44. The van der Waals surface area contributed by atoms with Crippen LogP contribution in [0.15, 0.2) is 30.7 Å². The first-order valence-electron chi connectivity index (χ1n) is 7.26. The lowest BCUT2D eigenvalue weighted by atomic mass is 10.1. The van der Waals surface area contributed by atoms with Crippen LogP contribution < -0.4 is 0 Å². The molecule has 110 valence electrons. The minimum Gasteiger partial charge on any atom is -0.359 e. The number of hydrogen-bond donors (Lipinski definition) is 1. The van der Waals surface area contributed by atoms with Gasteiger partial charge in [-0.3, -0.25) is 4.68 Å². The molecule has 0 saturated carbocycles. The Morgan fingerprint density at radius 3 is 2.86 bits per heavy atom. The smallest absolute Gasteiger partial charge is 0.179 e. The number of nitrogens with zero attached hydrogens (tertiary/aromatic N) is 5. The van der Waals surface area contributed by atoms with Gasteiger partial charge in [0.15, 0.2) is 11.6 Å². The maximum Gasteiger partial charge on any atom is 0.179 e. The monoisotopic (exact) mass is 284 g/mol. The van der Waals surface area contributed by atoms with E-state index in [1.54, 1.807) is 10.9 Å². The quantitative estimate of drug-likeness (QED) is 0.783. The van der Waals surface area contributed by atoms with Crippen molar-refractivity contribution in [2.75, 3.05) is 0 Å². The molecule has 0 radical (unpaired) electrons. The molecule has 3 rings (SSSR count). The molecule has 21 heavy (non-hydrogen) atoms. The topological polar surface area (TPSA) is 64.3 Å². The van der Waals surface area contributed by atoms with Crippen LogP contribution in [0.1, 0.15) is 26.1 Å². The summed E-state index contributed by atoms with van der Waals surface area (Å²) in [7, 11) is 1.90. The number of nitrogens with one attached hydrogen (secondary N) is 1. The number of aromatic nitrogens is 6. The van der Waals surface area contributed by atoms with Crippen LogP contribution in [0.2, 0.25) is 0 Å². The number of rotatable bonds is 5. The van der Waals surface area contributed by atoms with E-state index in [1.807, 2.05) is 36.3 Å². The number of H-pyrrole nitrogens is 1. The molecule has 1 atom stereocenters. The maximum absolute atomic E-state index is 4.71. The van der Waals surface area contributed by atoms with Gasteiger partial charge in [-0.05, 0) is 18.1 Å². The highest BCUT2D eigenvalue weighted by molar-refractivity contribution is 5.53. The van der Waals surface area contributed by atoms with Crippen LogP contribution in [0.5, 0.6) is 0 Å². The third kappa shape index (κ3) is 2.74. The van der Waals surface area contributed by atoms with Crippen molar-refractivity contribution in [3.8, 4) is 17.2 Å². The van der Waals surface area contributed by atoms with Crippen LogP contribution in [0.3, 0.4) is 0 Å². The van der Waals surface area contributed by atoms with Crippen molar-refractivity contribution < 1.29 is 0 Å². The average molecular weight is 284 g/mol. The summed E-state index contributed by atoms with van der Waals surface area (Å²) in [4.78, 5) is 7.91. The van der Waals surface area contributed by atoms with Crippen molar-refractivity contribution in [1.82, 2.24) is 29.5 Å². The summed E-state index contributed by atoms with van der Waals surface area (Å²) in [5, 5.41) is 8.89. The Hall–Kier alpha value is -2.37. The zero-order valence-electron chi connectivity index (χ0n) is 12.6. The first-order chi connectivity index (χ1) is 10.2. The molecular formula is C15H20N6. The zero-order valence-corrected chi connectivity index (χ0v) is 12.6. The van der Waals surface area contributed by atoms with Crippen LogP contribution in [-0.2, 0) is 13.5 Å². The first-order valence-corrected chi connectivity index (χ1v) is 7.26. The Balaban J connectivity index is 2.04. The normalized spacial score (nSPS) is 12.7. The van der Waals surface area contributed by atoms with Gasteiger partial charge in [-0.15, -0.1) is 0 Å². The molecule has 3 heterocycles. The van der Waals surface area contributed by atoms with Gasteiger partial charge in [0, 0.05) is 19.7 Å². The van der Waals surface area contributed by atoms with E-state index < -0.39 is 0 Å². The fraction of sp³-hybridized carbons (Fsp3) is 0.400. The SMILES string of the molecule is CCC(C)Cc1nc(-c2ccc[nH]2)n(-c2cnn(C)c2)n1. The lowest BCUT2D eigenvalue weighted by molar-refractivity contribution is 0.542. The van der Waals surface area contributed by atoms with Gasteiger partial charge in [-0.25, -0.2) is 9.67 Å². The van der Waals surface area contributed by atoms with Crippen molar-refractivity contribution in [2.45, 2.75) is 26.7 Å². The van der Waals surface area contributed by atoms with Crippen LogP contribution in [0, 0.1) is 5.92 Å². The van der Waals surface area contributed by atoms with Crippen LogP contribution >= 0.6 is 0 Å². The Kier molecular flexibility index (Phi) is 3.60. The van der Waals surface area contributed by atoms with Gasteiger partial charge in [0.2, 0.25) is 0 Å². The highest BCUT2D eigenvalue weighted by Crippen LogP contribution is 2.20. The Morgan fingerprint density at radius 2 is 2.24 bits per heavy atom. The van der Waals surface area contributed by atoms with Gasteiger partial charge in [0.05, 0.1) is 18.1 Å². The molecule has 0 aliphatic carbocycles. The second kappa shape index (κ2) is 5.55. The van der Waals surface area contributed by atoms with Gasteiger partial charge in [-0.1, -0.05) is 20.3 Å². The molecule has 6 nitrogen and oxygen atoms in total. The lowest BCUT2D eigenvalue weighted by Gasteiger charge is -2.02. The summed E-state index contributed by atoms with van der Waals surface area (Å²) >= 11 is 0. The van der Waals surface area contributed by atoms with Gasteiger partial charge < -0.3 is 4.98 Å². The Bertz CT molecular complexity index is 706.